The van der Waals surface area contributed by atoms with Gasteiger partial charge in [-0.2, -0.15) is 0 Å². The summed E-state index contributed by atoms with van der Waals surface area (Å²) in [5.41, 5.74) is 5.94. The highest BCUT2D eigenvalue weighted by Gasteiger charge is 2.12. The van der Waals surface area contributed by atoms with E-state index in [1.165, 1.54) is 11.3 Å². The molecular formula is C15H16N2O2S. The van der Waals surface area contributed by atoms with Crippen LogP contribution in [0.2, 0.25) is 0 Å². The van der Waals surface area contributed by atoms with Crippen LogP contribution in [0.3, 0.4) is 0 Å². The predicted octanol–water partition coefficient (Wildman–Crippen LogP) is 2.01. The Bertz CT molecular complexity index is 620. The number of carbonyl (C=O) groups is 1. The SMILES string of the molecule is CC(Cc1ccco1)NC(=O)c1csc(C#CCN)c1. The zero-order valence-electron chi connectivity index (χ0n) is 11.2. The predicted molar refractivity (Wildman–Crippen MR) is 79.6 cm³/mol. The fourth-order valence-corrected chi connectivity index (χ4v) is 2.50. The molecule has 0 aliphatic heterocycles. The minimum Gasteiger partial charge on any atom is -0.469 e. The smallest absolute Gasteiger partial charge is 0.252 e. The number of hydrogen-bond acceptors (Lipinski definition) is 4. The van der Waals surface area contributed by atoms with E-state index < -0.39 is 0 Å². The van der Waals surface area contributed by atoms with Gasteiger partial charge in [0.25, 0.3) is 5.91 Å². The molecule has 5 heteroatoms. The van der Waals surface area contributed by atoms with Crippen molar-refractivity contribution in [3.05, 3.63) is 46.0 Å². The van der Waals surface area contributed by atoms with Crippen LogP contribution < -0.4 is 11.1 Å². The van der Waals surface area contributed by atoms with Crippen LogP contribution in [0.25, 0.3) is 0 Å². The summed E-state index contributed by atoms with van der Waals surface area (Å²) < 4.78 is 5.26. The van der Waals surface area contributed by atoms with Crippen LogP contribution in [0.15, 0.2) is 34.3 Å². The van der Waals surface area contributed by atoms with Crippen molar-refractivity contribution >= 4 is 17.2 Å². The van der Waals surface area contributed by atoms with Crippen LogP contribution in [-0.4, -0.2) is 18.5 Å². The molecule has 0 bridgehead atoms. The highest BCUT2D eigenvalue weighted by molar-refractivity contribution is 7.10. The molecule has 0 saturated carbocycles. The van der Waals surface area contributed by atoms with E-state index in [1.807, 2.05) is 19.1 Å². The molecule has 1 unspecified atom stereocenters. The Kier molecular flexibility index (Phi) is 4.99. The molecule has 3 N–H and O–H groups in total. The number of nitrogens with two attached hydrogens (primary N) is 1. The maximum Gasteiger partial charge on any atom is 0.252 e. The van der Waals surface area contributed by atoms with Crippen molar-refractivity contribution in [2.24, 2.45) is 5.73 Å². The summed E-state index contributed by atoms with van der Waals surface area (Å²) in [6.07, 6.45) is 2.30. The van der Waals surface area contributed by atoms with Crippen molar-refractivity contribution in [2.75, 3.05) is 6.54 Å². The molecule has 2 aromatic heterocycles. The fourth-order valence-electron chi connectivity index (χ4n) is 1.75. The fraction of sp³-hybridized carbons (Fsp3) is 0.267. The van der Waals surface area contributed by atoms with Gasteiger partial charge in [0, 0.05) is 17.8 Å². The van der Waals surface area contributed by atoms with Crippen LogP contribution >= 0.6 is 11.3 Å². The van der Waals surface area contributed by atoms with Gasteiger partial charge in [0.1, 0.15) is 5.76 Å². The van der Waals surface area contributed by atoms with Gasteiger partial charge < -0.3 is 15.5 Å². The first kappa shape index (κ1) is 14.4. The molecule has 1 atom stereocenters. The molecule has 0 aliphatic rings. The molecule has 20 heavy (non-hydrogen) atoms. The van der Waals surface area contributed by atoms with Gasteiger partial charge in [-0.3, -0.25) is 4.79 Å². The zero-order chi connectivity index (χ0) is 14.4. The van der Waals surface area contributed by atoms with E-state index in [4.69, 9.17) is 10.2 Å². The van der Waals surface area contributed by atoms with E-state index in [9.17, 15) is 4.79 Å². The van der Waals surface area contributed by atoms with Gasteiger partial charge in [-0.25, -0.2) is 0 Å². The lowest BCUT2D eigenvalue weighted by Gasteiger charge is -2.11. The zero-order valence-corrected chi connectivity index (χ0v) is 12.0. The topological polar surface area (TPSA) is 68.3 Å². The van der Waals surface area contributed by atoms with E-state index in [1.54, 1.807) is 17.7 Å². The Morgan fingerprint density at radius 2 is 2.45 bits per heavy atom. The van der Waals surface area contributed by atoms with E-state index in [2.05, 4.69) is 17.2 Å². The van der Waals surface area contributed by atoms with Crippen LogP contribution in [0.1, 0.15) is 27.9 Å². The second-order valence-corrected chi connectivity index (χ2v) is 5.27. The average Bonchev–Trinajstić information content (AvgIpc) is 3.07. The van der Waals surface area contributed by atoms with Gasteiger partial charge in [0.15, 0.2) is 0 Å². The second kappa shape index (κ2) is 6.94. The van der Waals surface area contributed by atoms with Crippen molar-refractivity contribution in [2.45, 2.75) is 19.4 Å². The third-order valence-electron chi connectivity index (χ3n) is 2.64. The quantitative estimate of drug-likeness (QED) is 0.846. The molecule has 0 radical (unpaired) electrons. The average molecular weight is 288 g/mol. The summed E-state index contributed by atoms with van der Waals surface area (Å²) in [4.78, 5) is 12.9. The number of carbonyl (C=O) groups excluding carboxylic acids is 1. The first-order valence-electron chi connectivity index (χ1n) is 6.29. The van der Waals surface area contributed by atoms with E-state index >= 15 is 0 Å². The Morgan fingerprint density at radius 1 is 1.60 bits per heavy atom. The maximum absolute atomic E-state index is 12.1. The van der Waals surface area contributed by atoms with Crippen LogP contribution in [-0.2, 0) is 6.42 Å². The molecule has 0 spiro atoms. The molecule has 0 fully saturated rings. The highest BCUT2D eigenvalue weighted by Crippen LogP contribution is 2.14. The molecule has 2 rings (SSSR count). The summed E-state index contributed by atoms with van der Waals surface area (Å²) in [5, 5.41) is 4.74. The van der Waals surface area contributed by atoms with Gasteiger partial charge in [-0.05, 0) is 25.1 Å². The summed E-state index contributed by atoms with van der Waals surface area (Å²) >= 11 is 1.44. The standard InChI is InChI=1S/C15H16N2O2S/c1-11(8-13-4-3-7-19-13)17-15(18)12-9-14(20-10-12)5-2-6-16/h3-4,7,9-11H,6,8,16H2,1H3,(H,17,18). The third kappa shape index (κ3) is 3.98. The Labute approximate surface area is 122 Å². The van der Waals surface area contributed by atoms with Crippen LogP contribution in [0.5, 0.6) is 0 Å². The maximum atomic E-state index is 12.1. The minimum absolute atomic E-state index is 0.00660. The summed E-state index contributed by atoms with van der Waals surface area (Å²) in [7, 11) is 0. The number of amides is 1. The second-order valence-electron chi connectivity index (χ2n) is 4.36. The molecule has 4 nitrogen and oxygen atoms in total. The minimum atomic E-state index is -0.0962. The van der Waals surface area contributed by atoms with Crippen molar-refractivity contribution in [3.63, 3.8) is 0 Å². The van der Waals surface area contributed by atoms with Crippen LogP contribution in [0, 0.1) is 11.8 Å². The molecular weight excluding hydrogens is 272 g/mol. The van der Waals surface area contributed by atoms with Gasteiger partial charge in [0.05, 0.1) is 23.2 Å². The van der Waals surface area contributed by atoms with E-state index in [0.717, 1.165) is 10.6 Å². The summed E-state index contributed by atoms with van der Waals surface area (Å²) in [6, 6.07) is 5.52. The number of rotatable bonds is 4. The van der Waals surface area contributed by atoms with Gasteiger partial charge in [0.2, 0.25) is 0 Å². The van der Waals surface area contributed by atoms with E-state index in [0.29, 0.717) is 18.5 Å². The highest BCUT2D eigenvalue weighted by atomic mass is 32.1. The Morgan fingerprint density at radius 3 is 3.15 bits per heavy atom. The summed E-state index contributed by atoms with van der Waals surface area (Å²) in [5.74, 6) is 6.45. The van der Waals surface area contributed by atoms with Crippen molar-refractivity contribution < 1.29 is 9.21 Å². The van der Waals surface area contributed by atoms with Gasteiger partial charge >= 0.3 is 0 Å². The largest absolute Gasteiger partial charge is 0.469 e. The monoisotopic (exact) mass is 288 g/mol. The number of furan rings is 1. The Hall–Kier alpha value is -2.03. The molecule has 0 aromatic carbocycles. The first-order valence-corrected chi connectivity index (χ1v) is 7.17. The molecule has 2 heterocycles. The summed E-state index contributed by atoms with van der Waals surface area (Å²) in [6.45, 7) is 2.27. The first-order chi connectivity index (χ1) is 9.69. The third-order valence-corrected chi connectivity index (χ3v) is 3.49. The number of hydrogen-bond donors (Lipinski definition) is 2. The van der Waals surface area contributed by atoms with Gasteiger partial charge in [-0.15, -0.1) is 11.3 Å². The molecule has 104 valence electrons. The van der Waals surface area contributed by atoms with Crippen LogP contribution in [0.4, 0.5) is 0 Å². The lowest BCUT2D eigenvalue weighted by molar-refractivity contribution is 0.0939. The van der Waals surface area contributed by atoms with Crippen molar-refractivity contribution in [1.29, 1.82) is 0 Å². The lowest BCUT2D eigenvalue weighted by atomic mass is 10.2. The molecule has 2 aromatic rings. The molecule has 0 aliphatic carbocycles. The molecule has 0 saturated heterocycles. The lowest BCUT2D eigenvalue weighted by Crippen LogP contribution is -2.33. The number of nitrogens with one attached hydrogen (secondary N) is 1. The van der Waals surface area contributed by atoms with E-state index in [-0.39, 0.29) is 11.9 Å². The van der Waals surface area contributed by atoms with Crippen molar-refractivity contribution in [1.82, 2.24) is 5.32 Å². The molecule has 1 amide bonds. The Balaban J connectivity index is 1.92. The van der Waals surface area contributed by atoms with Gasteiger partial charge in [-0.1, -0.05) is 11.8 Å². The normalized spacial score (nSPS) is 11.5. The number of thiophene rings is 1. The van der Waals surface area contributed by atoms with Crippen molar-refractivity contribution in [3.8, 4) is 11.8 Å².